The van der Waals surface area contributed by atoms with E-state index >= 15 is 0 Å². The highest BCUT2D eigenvalue weighted by Crippen LogP contribution is 2.19. The molecule has 24 heavy (non-hydrogen) atoms. The zero-order valence-electron chi connectivity index (χ0n) is 15.2. The third-order valence-electron chi connectivity index (χ3n) is 4.62. The molecule has 1 heterocycles. The van der Waals surface area contributed by atoms with Crippen LogP contribution in [0.15, 0.2) is 24.3 Å². The van der Waals surface area contributed by atoms with Crippen molar-refractivity contribution in [3.63, 3.8) is 0 Å². The lowest BCUT2D eigenvalue weighted by Crippen LogP contribution is -2.40. The minimum atomic E-state index is 0.0591. The molecule has 1 aromatic rings. The molecule has 1 atom stereocenters. The Balaban J connectivity index is 1.85. The first-order chi connectivity index (χ1) is 11.5. The smallest absolute Gasteiger partial charge is 0.223 e. The topological polar surface area (TPSA) is 49.4 Å². The third kappa shape index (κ3) is 5.17. The highest BCUT2D eigenvalue weighted by molar-refractivity contribution is 5.98. The van der Waals surface area contributed by atoms with Gasteiger partial charge in [-0.05, 0) is 37.8 Å². The van der Waals surface area contributed by atoms with Crippen LogP contribution in [-0.4, -0.2) is 42.8 Å². The molecule has 1 aliphatic heterocycles. The van der Waals surface area contributed by atoms with Crippen LogP contribution in [0.25, 0.3) is 0 Å². The lowest BCUT2D eigenvalue weighted by Gasteiger charge is -2.24. The van der Waals surface area contributed by atoms with Crippen LogP contribution in [-0.2, 0) is 11.2 Å². The summed E-state index contributed by atoms with van der Waals surface area (Å²) in [6.07, 6.45) is 3.74. The van der Waals surface area contributed by atoms with Crippen LogP contribution in [0.3, 0.4) is 0 Å². The molecule has 0 saturated carbocycles. The van der Waals surface area contributed by atoms with Gasteiger partial charge in [0.05, 0.1) is 0 Å². The molecule has 4 heteroatoms. The fraction of sp³-hybridized carbons (Fsp3) is 0.600. The van der Waals surface area contributed by atoms with Gasteiger partial charge in [0.15, 0.2) is 5.78 Å². The third-order valence-corrected chi connectivity index (χ3v) is 4.62. The van der Waals surface area contributed by atoms with Crippen LogP contribution < -0.4 is 5.32 Å². The molecule has 2 rings (SSSR count). The standard InChI is InChI=1S/C20H30N2O2/c1-15(2)13-16-6-8-17(9-7-16)19(23)10-11-20(24)22-12-4-5-18(22)14-21-3/h6-9,15,18,21H,4-5,10-14H2,1-3H3. The average Bonchev–Trinajstić information content (AvgIpc) is 3.01. The predicted molar refractivity (Wildman–Crippen MR) is 97.2 cm³/mol. The largest absolute Gasteiger partial charge is 0.338 e. The van der Waals surface area contributed by atoms with Crippen molar-refractivity contribution in [2.45, 2.75) is 52.0 Å². The van der Waals surface area contributed by atoms with Gasteiger partial charge in [0, 0.05) is 37.5 Å². The number of hydrogen-bond donors (Lipinski definition) is 1. The summed E-state index contributed by atoms with van der Waals surface area (Å²) in [5.74, 6) is 0.775. The quantitative estimate of drug-likeness (QED) is 0.745. The van der Waals surface area contributed by atoms with Gasteiger partial charge in [-0.25, -0.2) is 0 Å². The Hall–Kier alpha value is -1.68. The number of nitrogens with one attached hydrogen (secondary N) is 1. The molecule has 4 nitrogen and oxygen atoms in total. The van der Waals surface area contributed by atoms with E-state index in [-0.39, 0.29) is 17.7 Å². The number of benzene rings is 1. The van der Waals surface area contributed by atoms with Gasteiger partial charge in [-0.15, -0.1) is 0 Å². The summed E-state index contributed by atoms with van der Waals surface area (Å²) < 4.78 is 0. The Bertz CT molecular complexity index is 551. The Morgan fingerprint density at radius 3 is 2.54 bits per heavy atom. The molecule has 0 bridgehead atoms. The molecule has 1 unspecified atom stereocenters. The molecule has 0 aliphatic carbocycles. The summed E-state index contributed by atoms with van der Waals surface area (Å²) >= 11 is 0. The molecule has 1 fully saturated rings. The fourth-order valence-electron chi connectivity index (χ4n) is 3.42. The van der Waals surface area contributed by atoms with Crippen LogP contribution in [0.1, 0.15) is 55.5 Å². The van der Waals surface area contributed by atoms with Gasteiger partial charge in [0.2, 0.25) is 5.91 Å². The van der Waals surface area contributed by atoms with E-state index in [0.29, 0.717) is 24.3 Å². The molecular weight excluding hydrogens is 300 g/mol. The van der Waals surface area contributed by atoms with Crippen molar-refractivity contribution in [3.8, 4) is 0 Å². The fourth-order valence-corrected chi connectivity index (χ4v) is 3.42. The molecular formula is C20H30N2O2. The lowest BCUT2D eigenvalue weighted by atomic mass is 9.99. The highest BCUT2D eigenvalue weighted by Gasteiger charge is 2.27. The summed E-state index contributed by atoms with van der Waals surface area (Å²) in [5, 5.41) is 3.14. The van der Waals surface area contributed by atoms with Gasteiger partial charge in [-0.3, -0.25) is 9.59 Å². The average molecular weight is 330 g/mol. The van der Waals surface area contributed by atoms with Gasteiger partial charge < -0.3 is 10.2 Å². The van der Waals surface area contributed by atoms with E-state index in [2.05, 4.69) is 19.2 Å². The maximum Gasteiger partial charge on any atom is 0.223 e. The summed E-state index contributed by atoms with van der Waals surface area (Å²) in [7, 11) is 1.91. The number of likely N-dealkylation sites (tertiary alicyclic amines) is 1. The summed E-state index contributed by atoms with van der Waals surface area (Å²) in [6, 6.07) is 8.12. The monoisotopic (exact) mass is 330 g/mol. The van der Waals surface area contributed by atoms with Crippen LogP contribution in [0.2, 0.25) is 0 Å². The van der Waals surface area contributed by atoms with E-state index in [9.17, 15) is 9.59 Å². The summed E-state index contributed by atoms with van der Waals surface area (Å²) in [4.78, 5) is 26.6. The van der Waals surface area contributed by atoms with Crippen molar-refractivity contribution in [1.82, 2.24) is 10.2 Å². The number of rotatable bonds is 8. The number of hydrogen-bond acceptors (Lipinski definition) is 3. The Labute approximate surface area is 145 Å². The summed E-state index contributed by atoms with van der Waals surface area (Å²) in [6.45, 7) is 6.02. The predicted octanol–water partition coefficient (Wildman–Crippen LogP) is 3.06. The van der Waals surface area contributed by atoms with Crippen LogP contribution in [0.4, 0.5) is 0 Å². The maximum absolute atomic E-state index is 12.4. The zero-order valence-corrected chi connectivity index (χ0v) is 15.2. The number of carbonyl (C=O) groups excluding carboxylic acids is 2. The molecule has 0 aromatic heterocycles. The van der Waals surface area contributed by atoms with E-state index in [1.165, 1.54) is 5.56 Å². The number of nitrogens with zero attached hydrogens (tertiary/aromatic N) is 1. The van der Waals surface area contributed by atoms with Gasteiger partial charge in [-0.2, -0.15) is 0 Å². The van der Waals surface area contributed by atoms with Crippen molar-refractivity contribution in [2.24, 2.45) is 5.92 Å². The molecule has 132 valence electrons. The van der Waals surface area contributed by atoms with Gasteiger partial charge in [0.25, 0.3) is 0 Å². The first kappa shape index (κ1) is 18.7. The minimum absolute atomic E-state index is 0.0591. The maximum atomic E-state index is 12.4. The van der Waals surface area contributed by atoms with Crippen molar-refractivity contribution in [1.29, 1.82) is 0 Å². The van der Waals surface area contributed by atoms with E-state index in [0.717, 1.165) is 32.4 Å². The normalized spacial score (nSPS) is 17.5. The number of ketones is 1. The molecule has 1 amide bonds. The molecule has 0 radical (unpaired) electrons. The van der Waals surface area contributed by atoms with E-state index < -0.39 is 0 Å². The van der Waals surface area contributed by atoms with E-state index in [1.807, 2.05) is 36.2 Å². The van der Waals surface area contributed by atoms with Crippen molar-refractivity contribution < 1.29 is 9.59 Å². The number of Topliss-reactive ketones (excluding diaryl/α,β-unsaturated/α-hetero) is 1. The van der Waals surface area contributed by atoms with Crippen LogP contribution >= 0.6 is 0 Å². The number of carbonyl (C=O) groups is 2. The first-order valence-corrected chi connectivity index (χ1v) is 9.07. The van der Waals surface area contributed by atoms with Gasteiger partial charge in [-0.1, -0.05) is 38.1 Å². The van der Waals surface area contributed by atoms with Crippen molar-refractivity contribution >= 4 is 11.7 Å². The molecule has 1 aromatic carbocycles. The zero-order chi connectivity index (χ0) is 17.5. The minimum Gasteiger partial charge on any atom is -0.338 e. The van der Waals surface area contributed by atoms with Gasteiger partial charge in [0.1, 0.15) is 0 Å². The summed E-state index contributed by atoms with van der Waals surface area (Å²) in [5.41, 5.74) is 1.97. The molecule has 1 N–H and O–H groups in total. The Morgan fingerprint density at radius 2 is 1.92 bits per heavy atom. The molecule has 0 spiro atoms. The van der Waals surface area contributed by atoms with E-state index in [1.54, 1.807) is 0 Å². The lowest BCUT2D eigenvalue weighted by molar-refractivity contribution is -0.131. The van der Waals surface area contributed by atoms with E-state index in [4.69, 9.17) is 0 Å². The van der Waals surface area contributed by atoms with Crippen LogP contribution in [0.5, 0.6) is 0 Å². The molecule has 1 aliphatic rings. The van der Waals surface area contributed by atoms with Crippen molar-refractivity contribution in [3.05, 3.63) is 35.4 Å². The van der Waals surface area contributed by atoms with Crippen LogP contribution in [0, 0.1) is 5.92 Å². The number of amides is 1. The van der Waals surface area contributed by atoms with Crippen molar-refractivity contribution in [2.75, 3.05) is 20.1 Å². The SMILES string of the molecule is CNCC1CCCN1C(=O)CCC(=O)c1ccc(CC(C)C)cc1. The Kier molecular flexibility index (Phi) is 6.98. The second-order valence-corrected chi connectivity index (χ2v) is 7.16. The first-order valence-electron chi connectivity index (χ1n) is 9.07. The second-order valence-electron chi connectivity index (χ2n) is 7.16. The number of likely N-dealkylation sites (N-methyl/N-ethyl adjacent to an activating group) is 1. The van der Waals surface area contributed by atoms with Gasteiger partial charge >= 0.3 is 0 Å². The highest BCUT2D eigenvalue weighted by atomic mass is 16.2. The molecule has 1 saturated heterocycles. The second kappa shape index (κ2) is 8.97. The Morgan fingerprint density at radius 1 is 1.21 bits per heavy atom.